The van der Waals surface area contributed by atoms with Crippen molar-refractivity contribution in [1.82, 2.24) is 4.90 Å². The van der Waals surface area contributed by atoms with Gasteiger partial charge in [-0.2, -0.15) is 0 Å². The maximum Gasteiger partial charge on any atom is 0.254 e. The van der Waals surface area contributed by atoms with E-state index in [-0.39, 0.29) is 11.7 Å². The molecule has 0 aliphatic heterocycles. The van der Waals surface area contributed by atoms with Gasteiger partial charge in [0.25, 0.3) is 5.91 Å². The Labute approximate surface area is 125 Å². The van der Waals surface area contributed by atoms with Gasteiger partial charge in [0.2, 0.25) is 0 Å². The lowest BCUT2D eigenvalue weighted by molar-refractivity contribution is 0.0756. The maximum atomic E-state index is 13.8. The van der Waals surface area contributed by atoms with Gasteiger partial charge in [-0.05, 0) is 30.4 Å². The zero-order valence-corrected chi connectivity index (χ0v) is 12.6. The normalized spacial score (nSPS) is 14.5. The van der Waals surface area contributed by atoms with E-state index in [9.17, 15) is 9.18 Å². The Bertz CT molecular complexity index is 654. The second-order valence-corrected chi connectivity index (χ2v) is 5.85. The van der Waals surface area contributed by atoms with Crippen molar-refractivity contribution in [2.75, 3.05) is 11.9 Å². The Morgan fingerprint density at radius 1 is 1.20 bits per heavy atom. The number of benzene rings is 2. The molecule has 0 saturated heterocycles. The number of nitrogens with zero attached hydrogens (tertiary/aromatic N) is 1. The van der Waals surface area contributed by atoms with E-state index in [0.717, 1.165) is 18.2 Å². The number of fused-ring (bicyclic) bond motifs is 1. The molecule has 0 bridgehead atoms. The van der Waals surface area contributed by atoms with Crippen LogP contribution in [0.25, 0.3) is 10.8 Å². The third-order valence-electron chi connectivity index (χ3n) is 3.68. The molecule has 1 saturated carbocycles. The Morgan fingerprint density at radius 2 is 1.90 bits per heavy atom. The first-order chi connectivity index (χ1) is 9.72. The first kappa shape index (κ1) is 13.6. The lowest BCUT2D eigenvalue weighted by atomic mass is 10.0. The molecule has 0 atom stereocenters. The second-order valence-electron chi connectivity index (χ2n) is 5.06. The summed E-state index contributed by atoms with van der Waals surface area (Å²) in [5, 5.41) is 1.96. The minimum atomic E-state index is -0.282. The molecule has 2 aromatic carbocycles. The molecule has 104 valence electrons. The molecule has 0 unspecified atom stereocenters. The zero-order valence-electron chi connectivity index (χ0n) is 11.0. The third kappa shape index (κ3) is 2.44. The minimum absolute atomic E-state index is 0.00292. The van der Waals surface area contributed by atoms with Crippen LogP contribution in [0.2, 0.25) is 0 Å². The van der Waals surface area contributed by atoms with Crippen LogP contribution >= 0.6 is 15.9 Å². The first-order valence-corrected chi connectivity index (χ1v) is 7.88. The van der Waals surface area contributed by atoms with Gasteiger partial charge in [0, 0.05) is 28.9 Å². The van der Waals surface area contributed by atoms with E-state index >= 15 is 0 Å². The summed E-state index contributed by atoms with van der Waals surface area (Å²) < 4.78 is 13.8. The molecule has 0 aromatic heterocycles. The molecule has 1 aliphatic rings. The van der Waals surface area contributed by atoms with Crippen LogP contribution in [0.15, 0.2) is 36.4 Å². The highest BCUT2D eigenvalue weighted by Crippen LogP contribution is 2.30. The summed E-state index contributed by atoms with van der Waals surface area (Å²) in [6.07, 6.45) is 2.13. The molecule has 20 heavy (non-hydrogen) atoms. The van der Waals surface area contributed by atoms with Gasteiger partial charge in [0.05, 0.1) is 0 Å². The highest BCUT2D eigenvalue weighted by molar-refractivity contribution is 9.09. The van der Waals surface area contributed by atoms with Crippen molar-refractivity contribution in [3.05, 3.63) is 47.8 Å². The second kappa shape index (κ2) is 5.52. The monoisotopic (exact) mass is 335 g/mol. The van der Waals surface area contributed by atoms with Gasteiger partial charge in [-0.25, -0.2) is 4.39 Å². The van der Waals surface area contributed by atoms with Crippen molar-refractivity contribution in [3.8, 4) is 0 Å². The van der Waals surface area contributed by atoms with Crippen molar-refractivity contribution < 1.29 is 9.18 Å². The molecule has 4 heteroatoms. The fraction of sp³-hybridized carbons (Fsp3) is 0.312. The number of hydrogen-bond donors (Lipinski definition) is 0. The van der Waals surface area contributed by atoms with Crippen LogP contribution in [0, 0.1) is 5.82 Å². The Hall–Kier alpha value is -1.42. The van der Waals surface area contributed by atoms with Crippen molar-refractivity contribution in [2.24, 2.45) is 0 Å². The van der Waals surface area contributed by atoms with Crippen molar-refractivity contribution >= 4 is 32.6 Å². The summed E-state index contributed by atoms with van der Waals surface area (Å²) in [7, 11) is 0. The molecule has 1 fully saturated rings. The molecule has 0 spiro atoms. The Balaban J connectivity index is 2.05. The molecule has 2 nitrogen and oxygen atoms in total. The number of carbonyl (C=O) groups is 1. The summed E-state index contributed by atoms with van der Waals surface area (Å²) >= 11 is 3.39. The average molecular weight is 336 g/mol. The highest BCUT2D eigenvalue weighted by Gasteiger charge is 2.33. The van der Waals surface area contributed by atoms with Gasteiger partial charge in [0.15, 0.2) is 0 Å². The molecule has 1 aliphatic carbocycles. The van der Waals surface area contributed by atoms with E-state index in [4.69, 9.17) is 0 Å². The van der Waals surface area contributed by atoms with Crippen LogP contribution in [0.3, 0.4) is 0 Å². The van der Waals surface area contributed by atoms with Crippen LogP contribution in [-0.2, 0) is 0 Å². The number of amides is 1. The summed E-state index contributed by atoms with van der Waals surface area (Å²) in [4.78, 5) is 14.6. The standard InChI is InChI=1S/C16H15BrFNO/c17-9-10-19(11-5-6-11)16(20)14-7-8-15(18)13-4-2-1-3-12(13)14/h1-4,7-8,11H,5-6,9-10H2. The zero-order chi connectivity index (χ0) is 14.1. The first-order valence-electron chi connectivity index (χ1n) is 6.76. The number of halogens is 2. The minimum Gasteiger partial charge on any atom is -0.335 e. The SMILES string of the molecule is O=C(c1ccc(F)c2ccccc12)N(CCBr)C1CC1. The average Bonchev–Trinajstić information content (AvgIpc) is 3.29. The van der Waals surface area contributed by atoms with E-state index < -0.39 is 0 Å². The summed E-state index contributed by atoms with van der Waals surface area (Å²) in [5.74, 6) is -0.279. The van der Waals surface area contributed by atoms with Gasteiger partial charge in [-0.3, -0.25) is 4.79 Å². The molecule has 3 rings (SSSR count). The van der Waals surface area contributed by atoms with Crippen LogP contribution in [0.1, 0.15) is 23.2 Å². The summed E-state index contributed by atoms with van der Waals surface area (Å²) in [5.41, 5.74) is 0.592. The van der Waals surface area contributed by atoms with Gasteiger partial charge < -0.3 is 4.90 Å². The quantitative estimate of drug-likeness (QED) is 0.774. The molecule has 2 aromatic rings. The van der Waals surface area contributed by atoms with Gasteiger partial charge in [-0.1, -0.05) is 40.2 Å². The topological polar surface area (TPSA) is 20.3 Å². The predicted octanol–water partition coefficient (Wildman–Crippen LogP) is 3.98. The Kier molecular flexibility index (Phi) is 3.74. The van der Waals surface area contributed by atoms with Gasteiger partial charge in [0.1, 0.15) is 5.82 Å². The van der Waals surface area contributed by atoms with Crippen LogP contribution in [-0.4, -0.2) is 28.7 Å². The van der Waals surface area contributed by atoms with E-state index in [1.807, 2.05) is 17.0 Å². The van der Waals surface area contributed by atoms with Crippen LogP contribution < -0.4 is 0 Å². The highest BCUT2D eigenvalue weighted by atomic mass is 79.9. The van der Waals surface area contributed by atoms with E-state index in [2.05, 4.69) is 15.9 Å². The molecule has 0 radical (unpaired) electrons. The van der Waals surface area contributed by atoms with Gasteiger partial charge >= 0.3 is 0 Å². The predicted molar refractivity (Wildman–Crippen MR) is 81.8 cm³/mol. The Morgan fingerprint density at radius 3 is 2.55 bits per heavy atom. The fourth-order valence-electron chi connectivity index (χ4n) is 2.53. The molecule has 0 N–H and O–H groups in total. The van der Waals surface area contributed by atoms with Crippen molar-refractivity contribution in [1.29, 1.82) is 0 Å². The number of carbonyl (C=O) groups excluding carboxylic acids is 1. The van der Waals surface area contributed by atoms with E-state index in [1.165, 1.54) is 6.07 Å². The van der Waals surface area contributed by atoms with Crippen molar-refractivity contribution in [2.45, 2.75) is 18.9 Å². The summed E-state index contributed by atoms with van der Waals surface area (Å²) in [6.45, 7) is 0.690. The molecule has 1 amide bonds. The van der Waals surface area contributed by atoms with Crippen LogP contribution in [0.4, 0.5) is 4.39 Å². The molecular weight excluding hydrogens is 321 g/mol. The number of alkyl halides is 1. The summed E-state index contributed by atoms with van der Waals surface area (Å²) in [6, 6.07) is 10.5. The number of hydrogen-bond acceptors (Lipinski definition) is 1. The largest absolute Gasteiger partial charge is 0.335 e. The molecule has 0 heterocycles. The maximum absolute atomic E-state index is 13.8. The van der Waals surface area contributed by atoms with E-state index in [1.54, 1.807) is 18.2 Å². The lowest BCUT2D eigenvalue weighted by Gasteiger charge is -2.22. The molecular formula is C16H15BrFNO. The number of rotatable bonds is 4. The van der Waals surface area contributed by atoms with Crippen LogP contribution in [0.5, 0.6) is 0 Å². The lowest BCUT2D eigenvalue weighted by Crippen LogP contribution is -2.34. The third-order valence-corrected chi connectivity index (χ3v) is 4.03. The smallest absolute Gasteiger partial charge is 0.254 e. The van der Waals surface area contributed by atoms with Gasteiger partial charge in [-0.15, -0.1) is 0 Å². The van der Waals surface area contributed by atoms with Crippen molar-refractivity contribution in [3.63, 3.8) is 0 Å². The fourth-order valence-corrected chi connectivity index (χ4v) is 2.91. The van der Waals surface area contributed by atoms with E-state index in [0.29, 0.717) is 28.9 Å².